The molecular formula is C11H8Br2NO. The molecule has 0 bridgehead atoms. The van der Waals surface area contributed by atoms with Gasteiger partial charge in [-0.1, -0.05) is 6.07 Å². The van der Waals surface area contributed by atoms with Crippen molar-refractivity contribution in [1.82, 2.24) is 4.57 Å². The Morgan fingerprint density at radius 3 is 2.80 bits per heavy atom. The molecule has 2 aromatic rings. The van der Waals surface area contributed by atoms with Crippen molar-refractivity contribution in [3.05, 3.63) is 45.5 Å². The zero-order valence-electron chi connectivity index (χ0n) is 8.00. The van der Waals surface area contributed by atoms with E-state index >= 15 is 0 Å². The van der Waals surface area contributed by atoms with Crippen LogP contribution in [0.5, 0.6) is 11.6 Å². The van der Waals surface area contributed by atoms with Crippen LogP contribution in [0.1, 0.15) is 0 Å². The van der Waals surface area contributed by atoms with E-state index in [2.05, 4.69) is 37.9 Å². The molecule has 1 heterocycles. The highest BCUT2D eigenvalue weighted by Crippen LogP contribution is 2.34. The zero-order valence-corrected chi connectivity index (χ0v) is 11.2. The van der Waals surface area contributed by atoms with Gasteiger partial charge in [-0.3, -0.25) is 0 Å². The quantitative estimate of drug-likeness (QED) is 0.807. The van der Waals surface area contributed by atoms with Gasteiger partial charge in [0.2, 0.25) is 0 Å². The van der Waals surface area contributed by atoms with Gasteiger partial charge in [0, 0.05) is 29.8 Å². The molecule has 1 radical (unpaired) electrons. The fourth-order valence-corrected chi connectivity index (χ4v) is 1.86. The first-order valence-corrected chi connectivity index (χ1v) is 5.91. The van der Waals surface area contributed by atoms with E-state index < -0.39 is 0 Å². The van der Waals surface area contributed by atoms with Crippen LogP contribution in [0.4, 0.5) is 0 Å². The Morgan fingerprint density at radius 1 is 1.33 bits per heavy atom. The van der Waals surface area contributed by atoms with Crippen LogP contribution in [0.3, 0.4) is 0 Å². The van der Waals surface area contributed by atoms with Crippen molar-refractivity contribution < 1.29 is 4.74 Å². The van der Waals surface area contributed by atoms with Gasteiger partial charge in [-0.15, -0.1) is 0 Å². The molecule has 4 heteroatoms. The number of rotatable bonds is 2. The smallest absolute Gasteiger partial charge is 0.200 e. The maximum atomic E-state index is 5.72. The van der Waals surface area contributed by atoms with Gasteiger partial charge in [-0.2, -0.15) is 0 Å². The number of hydrogen-bond donors (Lipinski definition) is 0. The molecule has 15 heavy (non-hydrogen) atoms. The molecule has 0 unspecified atom stereocenters. The van der Waals surface area contributed by atoms with Crippen molar-refractivity contribution in [3.8, 4) is 11.6 Å². The molecule has 0 atom stereocenters. The predicted molar refractivity (Wildman–Crippen MR) is 66.2 cm³/mol. The average molecular weight is 330 g/mol. The highest BCUT2D eigenvalue weighted by atomic mass is 79.9. The third kappa shape index (κ3) is 2.26. The molecule has 0 aliphatic carbocycles. The standard InChI is InChI=1S/C11H8Br2NO/c1-14-7-3-6-10(14)15-9-5-2-4-8(12)11(9)13/h2,4-7H,1H3. The summed E-state index contributed by atoms with van der Waals surface area (Å²) in [6.07, 6.45) is 1.82. The van der Waals surface area contributed by atoms with Crippen molar-refractivity contribution in [2.24, 2.45) is 7.05 Å². The Hall–Kier alpha value is -0.740. The van der Waals surface area contributed by atoms with Crippen LogP contribution in [0.25, 0.3) is 0 Å². The summed E-state index contributed by atoms with van der Waals surface area (Å²) in [4.78, 5) is 0. The Kier molecular flexibility index (Phi) is 3.17. The Balaban J connectivity index is 2.33. The van der Waals surface area contributed by atoms with E-state index in [0.717, 1.165) is 20.6 Å². The Bertz CT molecular complexity index is 479. The van der Waals surface area contributed by atoms with E-state index in [9.17, 15) is 0 Å². The molecule has 0 aliphatic rings. The molecule has 0 N–H and O–H groups in total. The summed E-state index contributed by atoms with van der Waals surface area (Å²) in [6.45, 7) is 0. The number of halogens is 2. The van der Waals surface area contributed by atoms with Crippen molar-refractivity contribution in [2.45, 2.75) is 0 Å². The van der Waals surface area contributed by atoms with Gasteiger partial charge in [0.15, 0.2) is 5.88 Å². The fraction of sp³-hybridized carbons (Fsp3) is 0.0909. The van der Waals surface area contributed by atoms with E-state index in [1.807, 2.05) is 36.0 Å². The zero-order chi connectivity index (χ0) is 10.8. The van der Waals surface area contributed by atoms with Gasteiger partial charge in [0.1, 0.15) is 5.75 Å². The Morgan fingerprint density at radius 2 is 2.13 bits per heavy atom. The van der Waals surface area contributed by atoms with E-state index in [4.69, 9.17) is 4.74 Å². The normalized spacial score (nSPS) is 10.3. The van der Waals surface area contributed by atoms with Crippen molar-refractivity contribution in [3.63, 3.8) is 0 Å². The number of aryl methyl sites for hydroxylation is 1. The van der Waals surface area contributed by atoms with Crippen molar-refractivity contribution in [2.75, 3.05) is 0 Å². The van der Waals surface area contributed by atoms with Crippen LogP contribution in [0, 0.1) is 6.07 Å². The van der Waals surface area contributed by atoms with E-state index in [-0.39, 0.29) is 0 Å². The molecule has 2 rings (SSSR count). The van der Waals surface area contributed by atoms with Crippen LogP contribution >= 0.6 is 31.9 Å². The molecule has 0 aliphatic heterocycles. The van der Waals surface area contributed by atoms with Crippen molar-refractivity contribution >= 4 is 31.9 Å². The molecule has 2 nitrogen and oxygen atoms in total. The monoisotopic (exact) mass is 328 g/mol. The highest BCUT2D eigenvalue weighted by molar-refractivity contribution is 9.13. The SMILES string of the molecule is Cn1c[c]cc1Oc1cccc(Br)c1Br. The summed E-state index contributed by atoms with van der Waals surface area (Å²) in [6, 6.07) is 10.5. The van der Waals surface area contributed by atoms with Crippen LogP contribution in [-0.2, 0) is 7.05 Å². The fourth-order valence-electron chi connectivity index (χ4n) is 1.16. The number of nitrogens with zero attached hydrogens (tertiary/aromatic N) is 1. The molecule has 0 amide bonds. The number of ether oxygens (including phenoxy) is 1. The van der Waals surface area contributed by atoms with Crippen LogP contribution in [0.2, 0.25) is 0 Å². The second-order valence-corrected chi connectivity index (χ2v) is 4.69. The maximum absolute atomic E-state index is 5.72. The molecule has 0 spiro atoms. The van der Waals surface area contributed by atoms with Gasteiger partial charge in [0.25, 0.3) is 0 Å². The summed E-state index contributed by atoms with van der Waals surface area (Å²) in [5.41, 5.74) is 0. The topological polar surface area (TPSA) is 14.2 Å². The minimum atomic E-state index is 0.758. The molecular weight excluding hydrogens is 322 g/mol. The van der Waals surface area contributed by atoms with Crippen LogP contribution < -0.4 is 4.74 Å². The largest absolute Gasteiger partial charge is 0.440 e. The molecule has 77 valence electrons. The lowest BCUT2D eigenvalue weighted by atomic mass is 10.3. The van der Waals surface area contributed by atoms with Gasteiger partial charge >= 0.3 is 0 Å². The summed E-state index contributed by atoms with van der Waals surface area (Å²) in [5.74, 6) is 1.54. The Labute approximate surface area is 105 Å². The second kappa shape index (κ2) is 4.41. The lowest BCUT2D eigenvalue weighted by Crippen LogP contribution is -1.92. The van der Waals surface area contributed by atoms with Gasteiger partial charge in [-0.25, -0.2) is 0 Å². The summed E-state index contributed by atoms with van der Waals surface area (Å²) < 4.78 is 9.46. The summed E-state index contributed by atoms with van der Waals surface area (Å²) >= 11 is 6.89. The lowest BCUT2D eigenvalue weighted by Gasteiger charge is -2.08. The van der Waals surface area contributed by atoms with E-state index in [0.29, 0.717) is 0 Å². The molecule has 0 saturated heterocycles. The van der Waals surface area contributed by atoms with Crippen LogP contribution in [-0.4, -0.2) is 4.57 Å². The van der Waals surface area contributed by atoms with Crippen molar-refractivity contribution in [1.29, 1.82) is 0 Å². The molecule has 0 fully saturated rings. The molecule has 1 aromatic heterocycles. The van der Waals surface area contributed by atoms with Crippen LogP contribution in [0.15, 0.2) is 39.4 Å². The third-order valence-electron chi connectivity index (χ3n) is 1.95. The maximum Gasteiger partial charge on any atom is 0.200 e. The van der Waals surface area contributed by atoms with Gasteiger partial charge in [0.05, 0.1) is 4.47 Å². The molecule has 0 saturated carbocycles. The highest BCUT2D eigenvalue weighted by Gasteiger charge is 2.07. The predicted octanol–water partition coefficient (Wildman–Crippen LogP) is 4.14. The van der Waals surface area contributed by atoms with E-state index in [1.165, 1.54) is 0 Å². The first-order valence-electron chi connectivity index (χ1n) is 4.33. The number of benzene rings is 1. The van der Waals surface area contributed by atoms with Gasteiger partial charge in [-0.05, 0) is 44.0 Å². The molecule has 1 aromatic carbocycles. The van der Waals surface area contributed by atoms with Gasteiger partial charge < -0.3 is 9.30 Å². The minimum absolute atomic E-state index is 0.758. The average Bonchev–Trinajstić information content (AvgIpc) is 2.60. The first kappa shape index (κ1) is 10.8. The minimum Gasteiger partial charge on any atom is -0.440 e. The second-order valence-electron chi connectivity index (χ2n) is 3.04. The lowest BCUT2D eigenvalue weighted by molar-refractivity contribution is 0.440. The van der Waals surface area contributed by atoms with E-state index in [1.54, 1.807) is 6.07 Å². The number of hydrogen-bond acceptors (Lipinski definition) is 1. The summed E-state index contributed by atoms with van der Waals surface area (Å²) in [5, 5.41) is 0. The summed E-state index contributed by atoms with van der Waals surface area (Å²) in [7, 11) is 1.91. The third-order valence-corrected chi connectivity index (χ3v) is 3.96. The number of aromatic nitrogens is 1. The first-order chi connectivity index (χ1) is 7.18.